The van der Waals surface area contributed by atoms with Gasteiger partial charge in [-0.05, 0) is 30.7 Å². The zero-order valence-electron chi connectivity index (χ0n) is 12.1. The van der Waals surface area contributed by atoms with Gasteiger partial charge in [0.25, 0.3) is 0 Å². The van der Waals surface area contributed by atoms with Crippen LogP contribution in [0.25, 0.3) is 0 Å². The molecule has 2 aromatic carbocycles. The summed E-state index contributed by atoms with van der Waals surface area (Å²) in [6.07, 6.45) is 4.05. The number of aliphatic hydroxyl groups is 1. The van der Waals surface area contributed by atoms with E-state index in [1.165, 1.54) is 0 Å². The molecule has 1 aliphatic heterocycles. The summed E-state index contributed by atoms with van der Waals surface area (Å²) in [5, 5.41) is 11.5. The maximum Gasteiger partial charge on any atom is 0.208 e. The second-order valence-corrected chi connectivity index (χ2v) is 8.52. The van der Waals surface area contributed by atoms with Gasteiger partial charge < -0.3 is 5.11 Å². The van der Waals surface area contributed by atoms with Crippen molar-refractivity contribution in [2.24, 2.45) is 0 Å². The van der Waals surface area contributed by atoms with E-state index < -0.39 is 13.4 Å². The van der Waals surface area contributed by atoms with Crippen LogP contribution in [0.1, 0.15) is 6.42 Å². The third-order valence-corrected chi connectivity index (χ3v) is 7.71. The number of rotatable bonds is 3. The van der Waals surface area contributed by atoms with E-state index in [1.54, 1.807) is 0 Å². The largest absolute Gasteiger partial charge is 0.389 e. The number of fused-ring (bicyclic) bond motifs is 1. The summed E-state index contributed by atoms with van der Waals surface area (Å²) in [5.41, 5.74) is 0. The lowest BCUT2D eigenvalue weighted by atomic mass is 10.1. The van der Waals surface area contributed by atoms with Gasteiger partial charge in [0.15, 0.2) is 0 Å². The molecule has 4 atom stereocenters. The first-order valence-corrected chi connectivity index (χ1v) is 9.24. The fourth-order valence-corrected chi connectivity index (χ4v) is 6.57. The monoisotopic (exact) mass is 311 g/mol. The van der Waals surface area contributed by atoms with Gasteiger partial charge in [0, 0.05) is 16.7 Å². The zero-order chi connectivity index (χ0) is 15.2. The Morgan fingerprint density at radius 1 is 0.909 bits per heavy atom. The molecule has 0 bridgehead atoms. The standard InChI is InChI=1S/C18H18NO2P/c20-14-11-12-17-18(13-14)19(17)22(21,15-7-3-1-4-8-15)16-9-5-2-6-10-16/h1-12,14,17-18,20H,13H2/t14-,17+,18-,19?/m0/s1. The number of benzene rings is 2. The maximum absolute atomic E-state index is 14.1. The van der Waals surface area contributed by atoms with Crippen LogP contribution < -0.4 is 10.6 Å². The minimum Gasteiger partial charge on any atom is -0.389 e. The fourth-order valence-electron chi connectivity index (χ4n) is 3.39. The molecule has 112 valence electrons. The van der Waals surface area contributed by atoms with Gasteiger partial charge in [-0.15, -0.1) is 0 Å². The van der Waals surface area contributed by atoms with E-state index in [0.717, 1.165) is 10.6 Å². The molecule has 1 N–H and O–H groups in total. The Bertz CT molecular complexity index is 701. The number of nitrogens with zero attached hydrogens (tertiary/aromatic N) is 1. The fraction of sp³-hybridized carbons (Fsp3) is 0.222. The molecule has 22 heavy (non-hydrogen) atoms. The molecular formula is C18H18NO2P. The van der Waals surface area contributed by atoms with Crippen LogP contribution in [-0.2, 0) is 4.57 Å². The van der Waals surface area contributed by atoms with Gasteiger partial charge in [0.1, 0.15) is 0 Å². The molecule has 0 radical (unpaired) electrons. The Balaban J connectivity index is 1.82. The van der Waals surface area contributed by atoms with Crippen LogP contribution in [0.15, 0.2) is 72.8 Å². The molecule has 4 rings (SSSR count). The highest BCUT2D eigenvalue weighted by atomic mass is 31.2. The molecule has 0 amide bonds. The molecule has 1 unspecified atom stereocenters. The highest BCUT2D eigenvalue weighted by Gasteiger charge is 2.58. The maximum atomic E-state index is 14.1. The highest BCUT2D eigenvalue weighted by molar-refractivity contribution is 7.76. The van der Waals surface area contributed by atoms with E-state index in [-0.39, 0.29) is 12.1 Å². The van der Waals surface area contributed by atoms with E-state index in [1.807, 2.05) is 72.8 Å². The Labute approximate surface area is 130 Å². The first-order chi connectivity index (χ1) is 10.7. The van der Waals surface area contributed by atoms with Crippen molar-refractivity contribution in [2.45, 2.75) is 24.6 Å². The lowest BCUT2D eigenvalue weighted by Gasteiger charge is -2.21. The molecule has 3 nitrogen and oxygen atoms in total. The molecular weight excluding hydrogens is 293 g/mol. The van der Waals surface area contributed by atoms with Crippen molar-refractivity contribution < 1.29 is 9.67 Å². The molecule has 1 fully saturated rings. The van der Waals surface area contributed by atoms with Gasteiger partial charge in [0.05, 0.1) is 12.1 Å². The summed E-state index contributed by atoms with van der Waals surface area (Å²) in [4.78, 5) is 0. The van der Waals surface area contributed by atoms with E-state index >= 15 is 0 Å². The quantitative estimate of drug-likeness (QED) is 0.537. The summed E-state index contributed by atoms with van der Waals surface area (Å²) in [7, 11) is -2.85. The highest BCUT2D eigenvalue weighted by Crippen LogP contribution is 2.60. The van der Waals surface area contributed by atoms with Crippen LogP contribution in [0.4, 0.5) is 0 Å². The van der Waals surface area contributed by atoms with E-state index in [0.29, 0.717) is 6.42 Å². The van der Waals surface area contributed by atoms with Crippen molar-refractivity contribution in [3.8, 4) is 0 Å². The molecule has 4 heteroatoms. The number of hydrogen-bond donors (Lipinski definition) is 1. The average molecular weight is 311 g/mol. The van der Waals surface area contributed by atoms with Crippen molar-refractivity contribution in [3.63, 3.8) is 0 Å². The normalized spacial score (nSPS) is 29.9. The third-order valence-electron chi connectivity index (χ3n) is 4.50. The van der Waals surface area contributed by atoms with Crippen molar-refractivity contribution in [1.82, 2.24) is 4.67 Å². The Kier molecular flexibility index (Phi) is 3.30. The predicted octanol–water partition coefficient (Wildman–Crippen LogP) is 2.29. The molecule has 2 aromatic rings. The van der Waals surface area contributed by atoms with E-state index in [4.69, 9.17) is 0 Å². The predicted molar refractivity (Wildman–Crippen MR) is 88.9 cm³/mol. The smallest absolute Gasteiger partial charge is 0.208 e. The van der Waals surface area contributed by atoms with Gasteiger partial charge in [-0.1, -0.05) is 48.6 Å². The van der Waals surface area contributed by atoms with E-state index in [2.05, 4.69) is 4.67 Å². The molecule has 0 saturated carbocycles. The molecule has 2 aliphatic rings. The summed E-state index contributed by atoms with van der Waals surface area (Å²) >= 11 is 0. The van der Waals surface area contributed by atoms with Crippen molar-refractivity contribution in [1.29, 1.82) is 0 Å². The van der Waals surface area contributed by atoms with Crippen LogP contribution in [0, 0.1) is 0 Å². The van der Waals surface area contributed by atoms with Gasteiger partial charge in [-0.3, -0.25) is 4.57 Å². The first-order valence-electron chi connectivity index (χ1n) is 7.58. The van der Waals surface area contributed by atoms with Gasteiger partial charge in [0.2, 0.25) is 7.29 Å². The van der Waals surface area contributed by atoms with Crippen LogP contribution in [0.2, 0.25) is 0 Å². The Morgan fingerprint density at radius 3 is 1.95 bits per heavy atom. The zero-order valence-corrected chi connectivity index (χ0v) is 13.0. The second-order valence-electron chi connectivity index (χ2n) is 5.87. The summed E-state index contributed by atoms with van der Waals surface area (Å²) < 4.78 is 16.1. The average Bonchev–Trinajstić information content (AvgIpc) is 3.29. The third kappa shape index (κ3) is 2.09. The molecule has 0 spiro atoms. The van der Waals surface area contributed by atoms with Crippen molar-refractivity contribution in [3.05, 3.63) is 72.8 Å². The number of hydrogen-bond acceptors (Lipinski definition) is 2. The minimum atomic E-state index is -2.85. The van der Waals surface area contributed by atoms with E-state index in [9.17, 15) is 9.67 Å². The topological polar surface area (TPSA) is 40.3 Å². The van der Waals surface area contributed by atoms with Crippen molar-refractivity contribution >= 4 is 17.9 Å². The van der Waals surface area contributed by atoms with Gasteiger partial charge in [-0.25, -0.2) is 4.67 Å². The van der Waals surface area contributed by atoms with Crippen LogP contribution in [0.5, 0.6) is 0 Å². The Hall–Kier alpha value is -1.67. The number of aliphatic hydroxyl groups excluding tert-OH is 1. The van der Waals surface area contributed by atoms with Gasteiger partial charge >= 0.3 is 0 Å². The minimum absolute atomic E-state index is 0.172. The first kappa shape index (κ1) is 14.0. The summed E-state index contributed by atoms with van der Waals surface area (Å²) in [5.74, 6) is 0. The summed E-state index contributed by atoms with van der Waals surface area (Å²) in [6.45, 7) is 0. The van der Waals surface area contributed by atoms with Crippen LogP contribution in [-0.4, -0.2) is 28.0 Å². The second kappa shape index (κ2) is 5.20. The van der Waals surface area contributed by atoms with Crippen LogP contribution >= 0.6 is 7.29 Å². The van der Waals surface area contributed by atoms with Crippen LogP contribution in [0.3, 0.4) is 0 Å². The van der Waals surface area contributed by atoms with Gasteiger partial charge in [-0.2, -0.15) is 0 Å². The lowest BCUT2D eigenvalue weighted by molar-refractivity contribution is 0.207. The molecule has 0 aromatic heterocycles. The Morgan fingerprint density at radius 2 is 1.45 bits per heavy atom. The van der Waals surface area contributed by atoms with Crippen molar-refractivity contribution in [2.75, 3.05) is 0 Å². The lowest BCUT2D eigenvalue weighted by Crippen LogP contribution is -2.23. The molecule has 1 saturated heterocycles. The molecule has 1 heterocycles. The summed E-state index contributed by atoms with van der Waals surface area (Å²) in [6, 6.07) is 19.7. The SMILES string of the molecule is O=P(c1ccccc1)(c1ccccc1)N1[C@@H]2C=C[C@H](O)C[C@@H]21. The molecule has 1 aliphatic carbocycles.